The summed E-state index contributed by atoms with van der Waals surface area (Å²) in [5.41, 5.74) is -0.192. The molecule has 2 heterocycles. The first kappa shape index (κ1) is 27.0. The number of nitrogens with zero attached hydrogens (tertiary/aromatic N) is 3. The third kappa shape index (κ3) is 5.77. The molecule has 2 atom stereocenters. The Labute approximate surface area is 216 Å². The number of hydrogen-bond donors (Lipinski definition) is 0. The van der Waals surface area contributed by atoms with Crippen LogP contribution >= 0.6 is 0 Å². The summed E-state index contributed by atoms with van der Waals surface area (Å²) in [6, 6.07) is 15.7. The highest BCUT2D eigenvalue weighted by Crippen LogP contribution is 2.45. The fourth-order valence-corrected chi connectivity index (χ4v) is 4.86. The fraction of sp³-hybridized carbons (Fsp3) is 0.321. The minimum Gasteiger partial charge on any atom is -0.435 e. The van der Waals surface area contributed by atoms with E-state index in [9.17, 15) is 26.7 Å². The van der Waals surface area contributed by atoms with Crippen LogP contribution in [0.25, 0.3) is 4.85 Å². The van der Waals surface area contributed by atoms with Crippen molar-refractivity contribution in [2.75, 3.05) is 4.90 Å². The maximum atomic E-state index is 13.8. The van der Waals surface area contributed by atoms with Gasteiger partial charge in [-0.1, -0.05) is 44.2 Å². The largest absolute Gasteiger partial charge is 0.435 e. The van der Waals surface area contributed by atoms with Crippen LogP contribution in [-0.4, -0.2) is 17.5 Å². The molecule has 1 aliphatic heterocycles. The van der Waals surface area contributed by atoms with Gasteiger partial charge in [0.1, 0.15) is 11.4 Å². The minimum atomic E-state index is -4.60. The molecule has 0 N–H and O–H groups in total. The van der Waals surface area contributed by atoms with E-state index in [1.807, 2.05) is 0 Å². The second kappa shape index (κ2) is 10.4. The number of hydrogen-bond acceptors (Lipinski definition) is 3. The van der Waals surface area contributed by atoms with Crippen LogP contribution in [0.3, 0.4) is 0 Å². The lowest BCUT2D eigenvalue weighted by molar-refractivity contribution is -0.141. The van der Waals surface area contributed by atoms with Crippen LogP contribution in [0.4, 0.5) is 33.3 Å². The van der Waals surface area contributed by atoms with E-state index in [1.54, 1.807) is 55.1 Å². The Morgan fingerprint density at radius 1 is 1.05 bits per heavy atom. The number of ether oxygens (including phenoxy) is 1. The van der Waals surface area contributed by atoms with Crippen molar-refractivity contribution >= 4 is 17.3 Å². The first-order chi connectivity index (χ1) is 17.9. The molecule has 0 bridgehead atoms. The number of amides is 1. The number of pyridine rings is 1. The molecule has 198 valence electrons. The number of aromatic nitrogens is 1. The summed E-state index contributed by atoms with van der Waals surface area (Å²) in [4.78, 5) is 22.5. The highest BCUT2D eigenvalue weighted by molar-refractivity contribution is 5.98. The van der Waals surface area contributed by atoms with Crippen molar-refractivity contribution in [2.45, 2.75) is 50.9 Å². The summed E-state index contributed by atoms with van der Waals surface area (Å²) >= 11 is 0. The maximum absolute atomic E-state index is 13.8. The van der Waals surface area contributed by atoms with Gasteiger partial charge in [0.25, 0.3) is 0 Å². The first-order valence-corrected chi connectivity index (χ1v) is 11.8. The number of carbonyl (C=O) groups is 1. The van der Waals surface area contributed by atoms with Gasteiger partial charge in [-0.3, -0.25) is 4.79 Å². The Bertz CT molecular complexity index is 1350. The molecule has 1 saturated heterocycles. The molecule has 38 heavy (non-hydrogen) atoms. The zero-order valence-electron chi connectivity index (χ0n) is 20.5. The van der Waals surface area contributed by atoms with Crippen LogP contribution in [-0.2, 0) is 16.4 Å². The maximum Gasteiger partial charge on any atom is 0.433 e. The molecule has 0 radical (unpaired) electrons. The van der Waals surface area contributed by atoms with Crippen LogP contribution in [0.1, 0.15) is 49.7 Å². The number of carbonyl (C=O) groups excluding carboxylic acids is 1. The summed E-state index contributed by atoms with van der Waals surface area (Å²) in [7, 11) is 0. The molecular weight excluding hydrogens is 505 g/mol. The summed E-state index contributed by atoms with van der Waals surface area (Å²) in [5.74, 6) is -0.900. The van der Waals surface area contributed by atoms with Crippen molar-refractivity contribution < 1.29 is 31.5 Å². The van der Waals surface area contributed by atoms with Crippen molar-refractivity contribution in [3.05, 3.63) is 95.1 Å². The molecule has 0 spiro atoms. The molecule has 0 saturated carbocycles. The van der Waals surface area contributed by atoms with Gasteiger partial charge in [0.2, 0.25) is 5.91 Å². The molecule has 1 aliphatic rings. The number of alkyl halides is 5. The van der Waals surface area contributed by atoms with Crippen molar-refractivity contribution in [1.29, 1.82) is 0 Å². The summed E-state index contributed by atoms with van der Waals surface area (Å²) in [6.45, 7) is 7.64. The van der Waals surface area contributed by atoms with Crippen LogP contribution in [0.2, 0.25) is 0 Å². The molecule has 10 heteroatoms. The van der Waals surface area contributed by atoms with E-state index in [2.05, 4.69) is 14.6 Å². The fourth-order valence-electron chi connectivity index (χ4n) is 4.86. The van der Waals surface area contributed by atoms with Crippen LogP contribution in [0.5, 0.6) is 5.75 Å². The van der Waals surface area contributed by atoms with Crippen molar-refractivity contribution in [3.63, 3.8) is 0 Å². The highest BCUT2D eigenvalue weighted by atomic mass is 19.4. The molecule has 2 aromatic carbocycles. The second-order valence-electron chi connectivity index (χ2n) is 9.73. The van der Waals surface area contributed by atoms with E-state index in [-0.39, 0.29) is 23.8 Å². The summed E-state index contributed by atoms with van der Waals surface area (Å²) in [5, 5.41) is 0. The third-order valence-electron chi connectivity index (χ3n) is 6.62. The molecule has 3 aromatic rings. The van der Waals surface area contributed by atoms with Gasteiger partial charge in [-0.15, -0.1) is 0 Å². The van der Waals surface area contributed by atoms with Crippen molar-refractivity contribution in [1.82, 2.24) is 4.98 Å². The molecule has 1 fully saturated rings. The highest BCUT2D eigenvalue weighted by Gasteiger charge is 2.44. The Morgan fingerprint density at radius 2 is 1.71 bits per heavy atom. The minimum absolute atomic E-state index is 0.0507. The van der Waals surface area contributed by atoms with Gasteiger partial charge in [-0.05, 0) is 54.8 Å². The predicted octanol–water partition coefficient (Wildman–Crippen LogP) is 7.71. The average molecular weight is 530 g/mol. The quantitative estimate of drug-likeness (QED) is 0.233. The predicted molar refractivity (Wildman–Crippen MR) is 131 cm³/mol. The van der Waals surface area contributed by atoms with E-state index >= 15 is 0 Å². The smallest absolute Gasteiger partial charge is 0.433 e. The molecule has 1 aromatic heterocycles. The van der Waals surface area contributed by atoms with Crippen molar-refractivity contribution in [2.24, 2.45) is 5.92 Å². The molecular formula is C28H24F5N3O2. The topological polar surface area (TPSA) is 46.8 Å². The Kier molecular flexibility index (Phi) is 7.40. The van der Waals surface area contributed by atoms with E-state index in [0.29, 0.717) is 23.4 Å². The molecule has 1 amide bonds. The van der Waals surface area contributed by atoms with E-state index in [0.717, 1.165) is 6.07 Å². The normalized spacial score (nSPS) is 18.1. The van der Waals surface area contributed by atoms with E-state index < -0.39 is 35.9 Å². The lowest BCUT2D eigenvalue weighted by Gasteiger charge is -2.28. The van der Waals surface area contributed by atoms with Gasteiger partial charge in [0.15, 0.2) is 5.69 Å². The van der Waals surface area contributed by atoms with E-state index in [1.165, 1.54) is 24.3 Å². The standard InChI is InChI=1S/C28H24F5N3O2/c1-27(2,23-8-5-9-24(35-23)28(31,32)33)16-18-15-22(17-6-4-7-21(14-17)38-26(29)30)36(25(18)37)20-12-10-19(34-3)11-13-20/h4-14,18,22,26H,15-16H2,1-2H3/t18-,22+/m0/s1. The molecule has 4 rings (SSSR count). The molecule has 0 unspecified atom stereocenters. The second-order valence-corrected chi connectivity index (χ2v) is 9.73. The number of halogens is 5. The first-order valence-electron chi connectivity index (χ1n) is 11.8. The van der Waals surface area contributed by atoms with Crippen LogP contribution < -0.4 is 9.64 Å². The number of benzene rings is 2. The van der Waals surface area contributed by atoms with Gasteiger partial charge >= 0.3 is 12.8 Å². The third-order valence-corrected chi connectivity index (χ3v) is 6.62. The van der Waals surface area contributed by atoms with Crippen LogP contribution in [0.15, 0.2) is 66.7 Å². The Hall–Kier alpha value is -4.00. The number of anilines is 1. The number of rotatable bonds is 7. The monoisotopic (exact) mass is 529 g/mol. The lowest BCUT2D eigenvalue weighted by atomic mass is 9.78. The zero-order valence-corrected chi connectivity index (χ0v) is 20.5. The van der Waals surface area contributed by atoms with Gasteiger partial charge in [0, 0.05) is 22.7 Å². The van der Waals surface area contributed by atoms with Gasteiger partial charge < -0.3 is 9.64 Å². The van der Waals surface area contributed by atoms with Crippen LogP contribution in [0, 0.1) is 12.5 Å². The summed E-state index contributed by atoms with van der Waals surface area (Å²) in [6.07, 6.45) is -4.09. The summed E-state index contributed by atoms with van der Waals surface area (Å²) < 4.78 is 70.0. The Balaban J connectivity index is 1.69. The van der Waals surface area contributed by atoms with E-state index in [4.69, 9.17) is 6.57 Å². The Morgan fingerprint density at radius 3 is 2.34 bits per heavy atom. The lowest BCUT2D eigenvalue weighted by Crippen LogP contribution is -2.32. The average Bonchev–Trinajstić information content (AvgIpc) is 3.18. The zero-order chi connectivity index (χ0) is 27.7. The SMILES string of the molecule is [C-]#[N+]c1ccc(N2C(=O)[C@H](CC(C)(C)c3cccc(C(F)(F)F)n3)C[C@@H]2c2cccc(OC(F)F)c2)cc1. The molecule has 0 aliphatic carbocycles. The van der Waals surface area contributed by atoms with Gasteiger partial charge in [-0.25, -0.2) is 9.83 Å². The van der Waals surface area contributed by atoms with Crippen molar-refractivity contribution in [3.8, 4) is 5.75 Å². The molecule has 5 nitrogen and oxygen atoms in total. The van der Waals surface area contributed by atoms with Gasteiger partial charge in [0.05, 0.1) is 12.6 Å². The van der Waals surface area contributed by atoms with Gasteiger partial charge in [-0.2, -0.15) is 22.0 Å².